The van der Waals surface area contributed by atoms with Crippen LogP contribution in [-0.4, -0.2) is 137 Å². The summed E-state index contributed by atoms with van der Waals surface area (Å²) in [5.74, 6) is 0.684. The Morgan fingerprint density at radius 3 is 2.62 bits per heavy atom. The molecule has 13 heteroatoms. The predicted octanol–water partition coefficient (Wildman–Crippen LogP) is 2.71. The number of benzene rings is 1. The number of carbonyl (C=O) groups is 1. The maximum absolute atomic E-state index is 13.2. The Morgan fingerprint density at radius 1 is 1.15 bits per heavy atom. The lowest BCUT2D eigenvalue weighted by Gasteiger charge is -2.47. The van der Waals surface area contributed by atoms with E-state index in [9.17, 15) is 15.0 Å². The molecule has 4 atom stereocenters. The van der Waals surface area contributed by atoms with Crippen LogP contribution in [0.1, 0.15) is 57.3 Å². The Balaban J connectivity index is 1.13. The normalized spacial score (nSPS) is 23.4. The molecular formula is C35H52N8O5. The minimum atomic E-state index is -0.467. The van der Waals surface area contributed by atoms with Crippen molar-refractivity contribution in [1.29, 1.82) is 10.8 Å². The number of piperidine rings is 1. The first-order valence-electron chi connectivity index (χ1n) is 17.2. The van der Waals surface area contributed by atoms with Crippen molar-refractivity contribution >= 4 is 17.5 Å². The Kier molecular flexibility index (Phi) is 11.8. The smallest absolute Gasteiger partial charge is 0.254 e. The zero-order chi connectivity index (χ0) is 34.4. The number of piperazine rings is 1. The number of aliphatic hydroxyl groups excluding tert-OH is 1. The van der Waals surface area contributed by atoms with Gasteiger partial charge in [0.25, 0.3) is 5.88 Å². The van der Waals surface area contributed by atoms with Crippen LogP contribution in [0.5, 0.6) is 11.6 Å². The van der Waals surface area contributed by atoms with Crippen molar-refractivity contribution in [3.8, 4) is 11.6 Å². The second-order valence-electron chi connectivity index (χ2n) is 13.6. The zero-order valence-electron chi connectivity index (χ0n) is 28.7. The molecule has 0 saturated carbocycles. The summed E-state index contributed by atoms with van der Waals surface area (Å²) in [4.78, 5) is 22.1. The number of likely N-dealkylation sites (N-methyl/N-ethyl adjacent to an activating group) is 1. The van der Waals surface area contributed by atoms with Crippen LogP contribution in [0.25, 0.3) is 0 Å². The third-order valence-electron chi connectivity index (χ3n) is 9.83. The van der Waals surface area contributed by atoms with Crippen LogP contribution >= 0.6 is 0 Å². The van der Waals surface area contributed by atoms with Gasteiger partial charge in [-0.2, -0.15) is 0 Å². The number of likely N-dealkylation sites (tertiary alicyclic amines) is 2. The summed E-state index contributed by atoms with van der Waals surface area (Å²) in [7, 11) is 1.72. The van der Waals surface area contributed by atoms with E-state index >= 15 is 0 Å². The molecule has 3 fully saturated rings. The lowest BCUT2D eigenvalue weighted by molar-refractivity contribution is -0.133. The van der Waals surface area contributed by atoms with Crippen molar-refractivity contribution in [3.63, 3.8) is 0 Å². The number of nitrogens with one attached hydrogen (secondary N) is 3. The molecule has 13 nitrogen and oxygen atoms in total. The average molecular weight is 665 g/mol. The molecule has 1 aromatic carbocycles. The molecule has 1 amide bonds. The highest BCUT2D eigenvalue weighted by Gasteiger charge is 2.36. The summed E-state index contributed by atoms with van der Waals surface area (Å²) < 4.78 is 11.6. The fourth-order valence-corrected chi connectivity index (χ4v) is 7.19. The molecular weight excluding hydrogens is 612 g/mol. The van der Waals surface area contributed by atoms with Crippen molar-refractivity contribution in [2.45, 2.75) is 64.1 Å². The molecule has 5 N–H and O–H groups in total. The summed E-state index contributed by atoms with van der Waals surface area (Å²) >= 11 is 0. The number of hydrogen-bond acceptors (Lipinski definition) is 11. The fourth-order valence-electron chi connectivity index (χ4n) is 7.19. The van der Waals surface area contributed by atoms with Crippen molar-refractivity contribution < 1.29 is 24.3 Å². The van der Waals surface area contributed by atoms with E-state index < -0.39 is 12.0 Å². The molecule has 0 bridgehead atoms. The number of ether oxygens (including phenoxy) is 1. The molecule has 0 spiro atoms. The highest BCUT2D eigenvalue weighted by Crippen LogP contribution is 2.31. The van der Waals surface area contributed by atoms with Crippen LogP contribution in [0.15, 0.2) is 46.6 Å². The third kappa shape index (κ3) is 8.37. The molecule has 4 heterocycles. The van der Waals surface area contributed by atoms with Gasteiger partial charge in [-0.15, -0.1) is 0 Å². The number of phenolic OH excluding ortho intramolecular Hbond substituents is 1. The second-order valence-corrected chi connectivity index (χ2v) is 13.6. The standard InChI is InChI=1S/C35H52N8O5/c1-23(2)33(35(46)42-13-11-26(44)22-42)31-19-32(39-48-31)47-17-16-40-12-7-8-25(21-40)41-14-15-43(24(3)20-41)29(34(37)38-4)18-28(36)27-9-5-6-10-30(27)45/h5-6,9-10,18-19,23-26,33,36,44-45H,7-8,11-17,20-22H2,1-4H3,(H2,37,38)/b29-18+,36-28?/t24-,25?,26+,33+/m0/s1. The number of aromatic nitrogens is 1. The molecule has 3 aliphatic heterocycles. The number of β-amino-alcohol motifs (C(OH)–C–C–N with tert-alkyl or cyclic N) is 1. The van der Waals surface area contributed by atoms with Crippen LogP contribution in [0.3, 0.4) is 0 Å². The van der Waals surface area contributed by atoms with Crippen LogP contribution in [-0.2, 0) is 4.79 Å². The Bertz CT molecular complexity index is 1460. The van der Waals surface area contributed by atoms with Crippen LogP contribution in [0.4, 0.5) is 0 Å². The minimum Gasteiger partial charge on any atom is -0.507 e. The molecule has 262 valence electrons. The van der Waals surface area contributed by atoms with E-state index in [4.69, 9.17) is 20.1 Å². The first-order valence-corrected chi connectivity index (χ1v) is 17.2. The highest BCUT2D eigenvalue weighted by molar-refractivity contribution is 6.12. The number of carbonyl (C=O) groups excluding carboxylic acids is 1. The number of para-hydroxylation sites is 1. The number of allylic oxidation sites excluding steroid dienone is 1. The van der Waals surface area contributed by atoms with Crippen molar-refractivity contribution in [1.82, 2.24) is 30.1 Å². The largest absolute Gasteiger partial charge is 0.507 e. The number of amides is 1. The van der Waals surface area contributed by atoms with Gasteiger partial charge in [0.05, 0.1) is 17.5 Å². The van der Waals surface area contributed by atoms with Gasteiger partial charge in [0.2, 0.25) is 5.91 Å². The quantitative estimate of drug-likeness (QED) is 0.168. The highest BCUT2D eigenvalue weighted by atomic mass is 16.5. The number of aliphatic hydroxyl groups is 1. The molecule has 1 aromatic heterocycles. The van der Waals surface area contributed by atoms with Gasteiger partial charge in [-0.3, -0.25) is 20.0 Å². The summed E-state index contributed by atoms with van der Waals surface area (Å²) in [6, 6.07) is 9.09. The molecule has 0 radical (unpaired) electrons. The summed E-state index contributed by atoms with van der Waals surface area (Å²) in [5.41, 5.74) is 1.25. The lowest BCUT2D eigenvalue weighted by atomic mass is 9.92. The Morgan fingerprint density at radius 2 is 1.94 bits per heavy atom. The van der Waals surface area contributed by atoms with E-state index in [0.29, 0.717) is 55.1 Å². The molecule has 5 rings (SSSR count). The number of aromatic hydroxyl groups is 1. The van der Waals surface area contributed by atoms with E-state index in [-0.39, 0.29) is 35.2 Å². The van der Waals surface area contributed by atoms with E-state index in [2.05, 4.69) is 32.1 Å². The van der Waals surface area contributed by atoms with E-state index in [0.717, 1.165) is 52.1 Å². The first kappa shape index (κ1) is 35.4. The first-order chi connectivity index (χ1) is 23.0. The van der Waals surface area contributed by atoms with Crippen LogP contribution < -0.4 is 10.1 Å². The topological polar surface area (TPSA) is 165 Å². The molecule has 1 unspecified atom stereocenters. The lowest BCUT2D eigenvalue weighted by Crippen LogP contribution is -2.58. The number of rotatable bonds is 12. The molecule has 3 aliphatic rings. The van der Waals surface area contributed by atoms with Gasteiger partial charge in [0.15, 0.2) is 5.76 Å². The van der Waals surface area contributed by atoms with Gasteiger partial charge in [0, 0.05) is 76.6 Å². The Labute approximate surface area is 283 Å². The predicted molar refractivity (Wildman–Crippen MR) is 184 cm³/mol. The Hall–Kier alpha value is -3.94. The third-order valence-corrected chi connectivity index (χ3v) is 9.83. The number of nitrogens with zero attached hydrogens (tertiary/aromatic N) is 5. The monoisotopic (exact) mass is 664 g/mol. The summed E-state index contributed by atoms with van der Waals surface area (Å²) in [6.45, 7) is 12.7. The summed E-state index contributed by atoms with van der Waals surface area (Å²) in [5, 5.41) is 44.4. The van der Waals surface area contributed by atoms with Gasteiger partial charge in [-0.05, 0) is 62.0 Å². The number of phenols is 1. The zero-order valence-corrected chi connectivity index (χ0v) is 28.7. The maximum atomic E-state index is 13.2. The van der Waals surface area contributed by atoms with E-state index in [1.807, 2.05) is 13.8 Å². The van der Waals surface area contributed by atoms with Crippen molar-refractivity contribution in [2.75, 3.05) is 66.0 Å². The average Bonchev–Trinajstić information content (AvgIpc) is 3.72. The second kappa shape index (κ2) is 16.0. The minimum absolute atomic E-state index is 0.0150. The van der Waals surface area contributed by atoms with E-state index in [1.165, 1.54) is 0 Å². The molecule has 3 saturated heterocycles. The summed E-state index contributed by atoms with van der Waals surface area (Å²) in [6.07, 6.45) is 4.04. The van der Waals surface area contributed by atoms with Crippen molar-refractivity contribution in [3.05, 3.63) is 53.4 Å². The maximum Gasteiger partial charge on any atom is 0.254 e. The van der Waals surface area contributed by atoms with Gasteiger partial charge >= 0.3 is 0 Å². The molecule has 0 aliphatic carbocycles. The van der Waals surface area contributed by atoms with Crippen LogP contribution in [0, 0.1) is 16.7 Å². The van der Waals surface area contributed by atoms with Crippen LogP contribution in [0.2, 0.25) is 0 Å². The van der Waals surface area contributed by atoms with Gasteiger partial charge in [-0.1, -0.05) is 26.0 Å². The number of hydrogen-bond donors (Lipinski definition) is 5. The van der Waals surface area contributed by atoms with Gasteiger partial charge < -0.3 is 40.0 Å². The molecule has 48 heavy (non-hydrogen) atoms. The van der Waals surface area contributed by atoms with Gasteiger partial charge in [-0.25, -0.2) is 0 Å². The van der Waals surface area contributed by atoms with Crippen molar-refractivity contribution in [2.24, 2.45) is 5.92 Å². The van der Waals surface area contributed by atoms with E-state index in [1.54, 1.807) is 48.4 Å². The SMILES string of the molecule is CNC(=N)/C(=C\C(=N)c1ccccc1O)N1CCN(C2CCCN(CCOc3cc([C@H](C(=O)N4CC[C@@H](O)C4)C(C)C)on3)C2)C[C@@H]1C. The van der Waals surface area contributed by atoms with Gasteiger partial charge in [0.1, 0.15) is 24.1 Å². The number of amidine groups is 1. The molecule has 2 aromatic rings. The fraction of sp³-hybridized carbons (Fsp3) is 0.600.